The first-order valence-electron chi connectivity index (χ1n) is 9.56. The van der Waals surface area contributed by atoms with Crippen LogP contribution in [0.25, 0.3) is 11.3 Å². The average Bonchev–Trinajstić information content (AvgIpc) is 3.31. The second-order valence-corrected chi connectivity index (χ2v) is 7.09. The van der Waals surface area contributed by atoms with E-state index in [0.717, 1.165) is 23.4 Å². The first kappa shape index (κ1) is 21.3. The fourth-order valence-electron chi connectivity index (χ4n) is 3.37. The SMILES string of the molecule is COCCn1cc2c(n1)CN(C(=O)Nc1nc(-c3ccc(F)cc3F)ccc1[N+](=O)[O-])C2. The molecule has 1 aliphatic rings. The maximum atomic E-state index is 14.1. The smallest absolute Gasteiger partial charge is 0.323 e. The number of fused-ring (bicyclic) bond motifs is 1. The summed E-state index contributed by atoms with van der Waals surface area (Å²) >= 11 is 0. The molecule has 3 aromatic rings. The quantitative estimate of drug-likeness (QED) is 0.461. The van der Waals surface area contributed by atoms with Crippen molar-refractivity contribution in [3.8, 4) is 11.3 Å². The molecule has 166 valence electrons. The first-order chi connectivity index (χ1) is 15.4. The minimum Gasteiger partial charge on any atom is -0.383 e. The van der Waals surface area contributed by atoms with Crippen molar-refractivity contribution in [1.82, 2.24) is 19.7 Å². The van der Waals surface area contributed by atoms with Gasteiger partial charge in [0.05, 0.1) is 42.6 Å². The molecule has 2 aromatic heterocycles. The Morgan fingerprint density at radius 1 is 1.28 bits per heavy atom. The number of ether oxygens (including phenoxy) is 1. The summed E-state index contributed by atoms with van der Waals surface area (Å²) in [5, 5.41) is 18.2. The summed E-state index contributed by atoms with van der Waals surface area (Å²) in [5.74, 6) is -1.98. The molecule has 3 heterocycles. The van der Waals surface area contributed by atoms with Crippen molar-refractivity contribution < 1.29 is 23.2 Å². The summed E-state index contributed by atoms with van der Waals surface area (Å²) in [4.78, 5) is 28.9. The number of nitrogens with one attached hydrogen (secondary N) is 1. The molecule has 0 saturated heterocycles. The number of anilines is 1. The fourth-order valence-corrected chi connectivity index (χ4v) is 3.37. The summed E-state index contributed by atoms with van der Waals surface area (Å²) in [7, 11) is 1.59. The molecule has 1 aromatic carbocycles. The van der Waals surface area contributed by atoms with E-state index in [4.69, 9.17) is 4.74 Å². The molecule has 0 fully saturated rings. The fraction of sp³-hybridized carbons (Fsp3) is 0.250. The van der Waals surface area contributed by atoms with Crippen molar-refractivity contribution in [2.75, 3.05) is 19.0 Å². The third-order valence-electron chi connectivity index (χ3n) is 4.94. The van der Waals surface area contributed by atoms with Crippen LogP contribution in [-0.4, -0.2) is 44.3 Å². The Morgan fingerprint density at radius 3 is 2.78 bits per heavy atom. The molecule has 0 saturated carbocycles. The van der Waals surface area contributed by atoms with Gasteiger partial charge in [0.25, 0.3) is 0 Å². The van der Waals surface area contributed by atoms with Gasteiger partial charge in [0.15, 0.2) is 0 Å². The number of urea groups is 1. The normalized spacial score (nSPS) is 12.7. The molecular weight excluding hydrogens is 426 g/mol. The van der Waals surface area contributed by atoms with Crippen molar-refractivity contribution >= 4 is 17.5 Å². The van der Waals surface area contributed by atoms with Crippen LogP contribution in [0.1, 0.15) is 11.3 Å². The Balaban J connectivity index is 1.54. The van der Waals surface area contributed by atoms with Gasteiger partial charge in [0.1, 0.15) is 11.6 Å². The lowest BCUT2D eigenvalue weighted by atomic mass is 10.1. The van der Waals surface area contributed by atoms with Gasteiger partial charge in [0.2, 0.25) is 5.82 Å². The molecule has 0 radical (unpaired) electrons. The highest BCUT2D eigenvalue weighted by Crippen LogP contribution is 2.30. The standard InChI is InChI=1S/C20H18F2N6O4/c1-32-7-6-27-10-12-9-26(11-17(12)25-27)20(29)24-19-18(28(30)31)5-4-16(23-19)14-3-2-13(21)8-15(14)22/h2-5,8,10H,6-7,9,11H2,1H3,(H,23,24,29). The zero-order valence-electron chi connectivity index (χ0n) is 16.9. The highest BCUT2D eigenvalue weighted by Gasteiger charge is 2.28. The summed E-state index contributed by atoms with van der Waals surface area (Å²) in [6.45, 7) is 1.58. The Hall–Kier alpha value is -3.93. The molecule has 10 nitrogen and oxygen atoms in total. The van der Waals surface area contributed by atoms with Crippen molar-refractivity contribution in [3.63, 3.8) is 0 Å². The molecule has 4 rings (SSSR count). The van der Waals surface area contributed by atoms with Crippen LogP contribution in [0, 0.1) is 21.7 Å². The number of amides is 2. The van der Waals surface area contributed by atoms with Crippen LogP contribution in [-0.2, 0) is 24.4 Å². The van der Waals surface area contributed by atoms with E-state index in [1.54, 1.807) is 11.8 Å². The number of methoxy groups -OCH3 is 1. The van der Waals surface area contributed by atoms with Crippen molar-refractivity contribution in [2.24, 2.45) is 0 Å². The Bertz CT molecular complexity index is 1180. The molecule has 0 bridgehead atoms. The number of carbonyl (C=O) groups is 1. The van der Waals surface area contributed by atoms with Gasteiger partial charge in [-0.1, -0.05) is 0 Å². The zero-order valence-corrected chi connectivity index (χ0v) is 16.9. The van der Waals surface area contributed by atoms with Gasteiger partial charge >= 0.3 is 11.7 Å². The van der Waals surface area contributed by atoms with Crippen LogP contribution in [0.3, 0.4) is 0 Å². The average molecular weight is 444 g/mol. The minimum atomic E-state index is -0.876. The highest BCUT2D eigenvalue weighted by atomic mass is 19.1. The van der Waals surface area contributed by atoms with Gasteiger partial charge in [-0.05, 0) is 18.2 Å². The number of halogens is 2. The number of nitro groups is 1. The largest absolute Gasteiger partial charge is 0.383 e. The van der Waals surface area contributed by atoms with Crippen LogP contribution in [0.5, 0.6) is 0 Å². The van der Waals surface area contributed by atoms with Crippen LogP contribution in [0.4, 0.5) is 25.1 Å². The summed E-state index contributed by atoms with van der Waals surface area (Å²) in [6.07, 6.45) is 1.82. The molecule has 1 N–H and O–H groups in total. The lowest BCUT2D eigenvalue weighted by Gasteiger charge is -2.16. The van der Waals surface area contributed by atoms with Gasteiger partial charge in [0, 0.05) is 36.6 Å². The summed E-state index contributed by atoms with van der Waals surface area (Å²) in [6, 6.07) is 4.64. The Kier molecular flexibility index (Phi) is 5.77. The molecule has 0 aliphatic carbocycles. The maximum absolute atomic E-state index is 14.1. The lowest BCUT2D eigenvalue weighted by Crippen LogP contribution is -2.31. The molecule has 2 amide bonds. The summed E-state index contributed by atoms with van der Waals surface area (Å²) in [5.41, 5.74) is 1.10. The van der Waals surface area contributed by atoms with Gasteiger partial charge < -0.3 is 9.64 Å². The van der Waals surface area contributed by atoms with Crippen molar-refractivity contribution in [2.45, 2.75) is 19.6 Å². The minimum absolute atomic E-state index is 0.0163. The van der Waals surface area contributed by atoms with E-state index < -0.39 is 28.3 Å². The predicted molar refractivity (Wildman–Crippen MR) is 109 cm³/mol. The third kappa shape index (κ3) is 4.25. The predicted octanol–water partition coefficient (Wildman–Crippen LogP) is 3.33. The topological polar surface area (TPSA) is 115 Å². The van der Waals surface area contributed by atoms with Gasteiger partial charge in [-0.25, -0.2) is 18.6 Å². The van der Waals surface area contributed by atoms with E-state index in [0.29, 0.717) is 19.2 Å². The van der Waals surface area contributed by atoms with Crippen molar-refractivity contribution in [1.29, 1.82) is 0 Å². The van der Waals surface area contributed by atoms with Crippen LogP contribution < -0.4 is 5.32 Å². The number of rotatable bonds is 6. The monoisotopic (exact) mass is 444 g/mol. The molecule has 0 spiro atoms. The van der Waals surface area contributed by atoms with Crippen LogP contribution >= 0.6 is 0 Å². The second-order valence-electron chi connectivity index (χ2n) is 7.09. The van der Waals surface area contributed by atoms with Crippen LogP contribution in [0.2, 0.25) is 0 Å². The number of aromatic nitrogens is 3. The summed E-state index contributed by atoms with van der Waals surface area (Å²) < 4.78 is 34.1. The van der Waals surface area contributed by atoms with Crippen molar-refractivity contribution in [3.05, 3.63) is 69.5 Å². The van der Waals surface area contributed by atoms with Gasteiger partial charge in [-0.15, -0.1) is 0 Å². The van der Waals surface area contributed by atoms with E-state index >= 15 is 0 Å². The van der Waals surface area contributed by atoms with E-state index in [9.17, 15) is 23.7 Å². The molecule has 1 aliphatic heterocycles. The molecule has 0 atom stereocenters. The number of pyridine rings is 1. The maximum Gasteiger partial charge on any atom is 0.323 e. The molecule has 32 heavy (non-hydrogen) atoms. The number of hydrogen-bond donors (Lipinski definition) is 1. The number of nitrogens with zero attached hydrogens (tertiary/aromatic N) is 5. The number of hydrogen-bond acceptors (Lipinski definition) is 6. The second kappa shape index (κ2) is 8.67. The van der Waals surface area contributed by atoms with Gasteiger partial charge in [-0.2, -0.15) is 5.10 Å². The van der Waals surface area contributed by atoms with E-state index in [1.807, 2.05) is 6.20 Å². The Morgan fingerprint density at radius 2 is 2.09 bits per heavy atom. The van der Waals surface area contributed by atoms with E-state index in [1.165, 1.54) is 17.0 Å². The zero-order chi connectivity index (χ0) is 22.8. The molecule has 12 heteroatoms. The third-order valence-corrected chi connectivity index (χ3v) is 4.94. The number of carbonyl (C=O) groups excluding carboxylic acids is 1. The molecular formula is C20H18F2N6O4. The van der Waals surface area contributed by atoms with Gasteiger partial charge in [-0.3, -0.25) is 20.1 Å². The van der Waals surface area contributed by atoms with E-state index in [2.05, 4.69) is 15.4 Å². The Labute approximate surface area is 180 Å². The molecule has 0 unspecified atom stereocenters. The highest BCUT2D eigenvalue weighted by molar-refractivity contribution is 5.91. The van der Waals surface area contributed by atoms with E-state index in [-0.39, 0.29) is 30.2 Å². The lowest BCUT2D eigenvalue weighted by molar-refractivity contribution is -0.384. The first-order valence-corrected chi connectivity index (χ1v) is 9.56. The van der Waals surface area contributed by atoms with Crippen LogP contribution in [0.15, 0.2) is 36.5 Å². The number of benzene rings is 1.